The first-order valence-electron chi connectivity index (χ1n) is 6.08. The summed E-state index contributed by atoms with van der Waals surface area (Å²) in [5.41, 5.74) is 2.25. The number of methoxy groups -OCH3 is 1. The van der Waals surface area contributed by atoms with Crippen molar-refractivity contribution in [3.63, 3.8) is 0 Å². The van der Waals surface area contributed by atoms with Crippen molar-refractivity contribution in [3.8, 4) is 11.4 Å². The highest BCUT2D eigenvalue weighted by atomic mass is 19.1. The number of nitrogens with zero attached hydrogens (tertiary/aromatic N) is 2. The van der Waals surface area contributed by atoms with E-state index in [-0.39, 0.29) is 0 Å². The first-order chi connectivity index (χ1) is 9.51. The molecule has 0 fully saturated rings. The zero-order valence-corrected chi connectivity index (χ0v) is 11.6. The third-order valence-electron chi connectivity index (χ3n) is 2.82. The number of ketones is 1. The van der Waals surface area contributed by atoms with E-state index in [4.69, 9.17) is 4.74 Å². The second kappa shape index (κ2) is 5.69. The Hall–Kier alpha value is -2.43. The van der Waals surface area contributed by atoms with Gasteiger partial charge in [0.2, 0.25) is 0 Å². The zero-order valence-electron chi connectivity index (χ0n) is 11.6. The lowest BCUT2D eigenvalue weighted by Gasteiger charge is -2.10. The highest BCUT2D eigenvalue weighted by Crippen LogP contribution is 2.25. The number of rotatable bonds is 4. The van der Waals surface area contributed by atoms with Gasteiger partial charge in [0, 0.05) is 13.1 Å². The van der Waals surface area contributed by atoms with E-state index in [1.807, 2.05) is 17.7 Å². The molecule has 0 amide bonds. The summed E-state index contributed by atoms with van der Waals surface area (Å²) in [6.07, 6.45) is 4.73. The van der Waals surface area contributed by atoms with E-state index in [0.717, 1.165) is 11.4 Å². The molecule has 104 valence electrons. The second-order valence-electron chi connectivity index (χ2n) is 4.40. The Kier molecular flexibility index (Phi) is 3.98. The second-order valence-corrected chi connectivity index (χ2v) is 4.40. The van der Waals surface area contributed by atoms with Crippen LogP contribution in [0.1, 0.15) is 18.2 Å². The number of carbonyl (C=O) groups excluding carboxylic acids is 1. The standard InChI is InChI=1S/C15H15FN2O2/c1-10-8-18(9-17-10)14-5-4-12(7-15(14)20-3)6-13(16)11(2)19/h4-9H,1-3H3/b13-6-. The predicted octanol–water partition coefficient (Wildman–Crippen LogP) is 3.09. The monoisotopic (exact) mass is 274 g/mol. The smallest absolute Gasteiger partial charge is 0.188 e. The fourth-order valence-corrected chi connectivity index (χ4v) is 1.80. The van der Waals surface area contributed by atoms with Gasteiger partial charge in [-0.2, -0.15) is 0 Å². The summed E-state index contributed by atoms with van der Waals surface area (Å²) >= 11 is 0. The summed E-state index contributed by atoms with van der Waals surface area (Å²) in [6.45, 7) is 3.08. The first-order valence-corrected chi connectivity index (χ1v) is 6.08. The average molecular weight is 274 g/mol. The Bertz CT molecular complexity index is 674. The van der Waals surface area contributed by atoms with Crippen LogP contribution in [0.4, 0.5) is 4.39 Å². The van der Waals surface area contributed by atoms with Gasteiger partial charge >= 0.3 is 0 Å². The van der Waals surface area contributed by atoms with E-state index >= 15 is 0 Å². The van der Waals surface area contributed by atoms with E-state index < -0.39 is 11.6 Å². The molecule has 4 nitrogen and oxygen atoms in total. The first kappa shape index (κ1) is 14.0. The molecule has 5 heteroatoms. The van der Waals surface area contributed by atoms with Crippen LogP contribution >= 0.6 is 0 Å². The summed E-state index contributed by atoms with van der Waals surface area (Å²) in [5.74, 6) is -0.802. The lowest BCUT2D eigenvalue weighted by molar-refractivity contribution is -0.114. The minimum atomic E-state index is -0.779. The topological polar surface area (TPSA) is 44.1 Å². The van der Waals surface area contributed by atoms with E-state index in [9.17, 15) is 9.18 Å². The van der Waals surface area contributed by atoms with Crippen molar-refractivity contribution in [2.75, 3.05) is 7.11 Å². The van der Waals surface area contributed by atoms with Gasteiger partial charge < -0.3 is 9.30 Å². The van der Waals surface area contributed by atoms with Crippen LogP contribution in [0.25, 0.3) is 11.8 Å². The number of imidazole rings is 1. The third kappa shape index (κ3) is 2.93. The SMILES string of the molecule is COc1cc(/C=C(\F)C(C)=O)ccc1-n1cnc(C)c1. The molecule has 0 atom stereocenters. The van der Waals surface area contributed by atoms with Crippen molar-refractivity contribution in [3.05, 3.63) is 47.8 Å². The molecular formula is C15H15FN2O2. The number of Topliss-reactive ketones (excluding diaryl/α,β-unsaturated/α-hetero) is 1. The molecule has 2 aromatic rings. The van der Waals surface area contributed by atoms with Crippen LogP contribution in [0.15, 0.2) is 36.6 Å². The number of benzene rings is 1. The number of hydrogen-bond donors (Lipinski definition) is 0. The van der Waals surface area contributed by atoms with Crippen LogP contribution in [0, 0.1) is 6.92 Å². The minimum Gasteiger partial charge on any atom is -0.495 e. The molecule has 0 spiro atoms. The number of allylic oxidation sites excluding steroid dienone is 1. The molecule has 0 aliphatic rings. The van der Waals surface area contributed by atoms with E-state index in [0.29, 0.717) is 11.3 Å². The quantitative estimate of drug-likeness (QED) is 0.805. The van der Waals surface area contributed by atoms with Crippen LogP contribution in [0.3, 0.4) is 0 Å². The predicted molar refractivity (Wildman–Crippen MR) is 74.6 cm³/mol. The van der Waals surface area contributed by atoms with Gasteiger partial charge in [0.25, 0.3) is 0 Å². The van der Waals surface area contributed by atoms with Crippen LogP contribution in [0.5, 0.6) is 5.75 Å². The van der Waals surface area contributed by atoms with Crippen molar-refractivity contribution < 1.29 is 13.9 Å². The van der Waals surface area contributed by atoms with E-state index in [2.05, 4.69) is 4.98 Å². The zero-order chi connectivity index (χ0) is 14.7. The van der Waals surface area contributed by atoms with Crippen molar-refractivity contribution in [2.24, 2.45) is 0 Å². The largest absolute Gasteiger partial charge is 0.495 e. The Labute approximate surface area is 116 Å². The van der Waals surface area contributed by atoms with Gasteiger partial charge in [-0.25, -0.2) is 9.37 Å². The van der Waals surface area contributed by atoms with Gasteiger partial charge in [-0.3, -0.25) is 4.79 Å². The maximum Gasteiger partial charge on any atom is 0.188 e. The maximum atomic E-state index is 13.3. The fraction of sp³-hybridized carbons (Fsp3) is 0.200. The third-order valence-corrected chi connectivity index (χ3v) is 2.82. The number of aromatic nitrogens is 2. The van der Waals surface area contributed by atoms with E-state index in [1.165, 1.54) is 20.1 Å². The Morgan fingerprint density at radius 2 is 2.20 bits per heavy atom. The van der Waals surface area contributed by atoms with Gasteiger partial charge in [-0.15, -0.1) is 0 Å². The number of hydrogen-bond acceptors (Lipinski definition) is 3. The molecule has 0 radical (unpaired) electrons. The molecule has 0 unspecified atom stereocenters. The highest BCUT2D eigenvalue weighted by molar-refractivity contribution is 5.95. The van der Waals surface area contributed by atoms with Crippen LogP contribution in [0.2, 0.25) is 0 Å². The molecule has 1 heterocycles. The summed E-state index contributed by atoms with van der Waals surface area (Å²) in [5, 5.41) is 0. The van der Waals surface area contributed by atoms with Gasteiger partial charge in [0.15, 0.2) is 11.6 Å². The molecule has 0 bridgehead atoms. The molecule has 20 heavy (non-hydrogen) atoms. The van der Waals surface area contributed by atoms with Gasteiger partial charge in [0.1, 0.15) is 5.75 Å². The van der Waals surface area contributed by atoms with Crippen molar-refractivity contribution in [1.82, 2.24) is 9.55 Å². The van der Waals surface area contributed by atoms with E-state index in [1.54, 1.807) is 24.5 Å². The Morgan fingerprint density at radius 3 is 2.75 bits per heavy atom. The Morgan fingerprint density at radius 1 is 1.45 bits per heavy atom. The fourth-order valence-electron chi connectivity index (χ4n) is 1.80. The highest BCUT2D eigenvalue weighted by Gasteiger charge is 2.08. The van der Waals surface area contributed by atoms with Crippen LogP contribution in [-0.2, 0) is 4.79 Å². The molecule has 0 aliphatic carbocycles. The normalized spacial score (nSPS) is 11.5. The van der Waals surface area contributed by atoms with Crippen molar-refractivity contribution in [2.45, 2.75) is 13.8 Å². The van der Waals surface area contributed by atoms with Crippen molar-refractivity contribution >= 4 is 11.9 Å². The number of halogens is 1. The summed E-state index contributed by atoms with van der Waals surface area (Å²) in [4.78, 5) is 15.1. The molecule has 1 aromatic carbocycles. The molecule has 0 saturated carbocycles. The molecule has 2 rings (SSSR count). The van der Waals surface area contributed by atoms with Crippen LogP contribution < -0.4 is 4.74 Å². The maximum absolute atomic E-state index is 13.3. The number of ether oxygens (including phenoxy) is 1. The van der Waals surface area contributed by atoms with Crippen molar-refractivity contribution in [1.29, 1.82) is 0 Å². The minimum absolute atomic E-state index is 0.565. The van der Waals surface area contributed by atoms with Crippen LogP contribution in [-0.4, -0.2) is 22.4 Å². The molecule has 0 saturated heterocycles. The Balaban J connectivity index is 2.43. The summed E-state index contributed by atoms with van der Waals surface area (Å²) in [7, 11) is 1.54. The average Bonchev–Trinajstić information content (AvgIpc) is 2.84. The molecule has 0 aliphatic heterocycles. The van der Waals surface area contributed by atoms with Gasteiger partial charge in [-0.05, 0) is 30.7 Å². The molecule has 1 aromatic heterocycles. The molecule has 0 N–H and O–H groups in total. The number of aryl methyl sites for hydroxylation is 1. The number of carbonyl (C=O) groups is 1. The summed E-state index contributed by atoms with van der Waals surface area (Å²) in [6, 6.07) is 5.18. The lowest BCUT2D eigenvalue weighted by atomic mass is 10.1. The lowest BCUT2D eigenvalue weighted by Crippen LogP contribution is -1.96. The summed E-state index contributed by atoms with van der Waals surface area (Å²) < 4.78 is 20.5. The molecular weight excluding hydrogens is 259 g/mol. The van der Waals surface area contributed by atoms with Gasteiger partial charge in [0.05, 0.1) is 24.8 Å². The van der Waals surface area contributed by atoms with Gasteiger partial charge in [-0.1, -0.05) is 6.07 Å².